The number of pyridine rings is 1. The molecular formula is C25H31NO6. The molecule has 7 heteroatoms. The third kappa shape index (κ3) is 4.01. The number of rotatable bonds is 7. The van der Waals surface area contributed by atoms with Gasteiger partial charge in [-0.3, -0.25) is 4.79 Å². The van der Waals surface area contributed by atoms with Crippen molar-refractivity contribution in [2.75, 3.05) is 27.4 Å². The van der Waals surface area contributed by atoms with E-state index in [1.54, 1.807) is 14.2 Å². The van der Waals surface area contributed by atoms with Crippen LogP contribution in [-0.4, -0.2) is 43.1 Å². The first kappa shape index (κ1) is 22.4. The number of carboxylic acid groups (broad SMARTS) is 1. The molecule has 1 aromatic heterocycles. The molecule has 0 saturated heterocycles. The number of ether oxygens (including phenoxy) is 3. The summed E-state index contributed by atoms with van der Waals surface area (Å²) in [7, 11) is 3.30. The number of carboxylic acids is 1. The van der Waals surface area contributed by atoms with Gasteiger partial charge in [-0.1, -0.05) is 20.8 Å². The average Bonchev–Trinajstić information content (AvgIpc) is 3.49. The van der Waals surface area contributed by atoms with Crippen molar-refractivity contribution in [3.05, 3.63) is 45.7 Å². The van der Waals surface area contributed by atoms with Crippen LogP contribution >= 0.6 is 0 Å². The SMILES string of the molecule is COCC1(COc2cc3c(cc2OC)-c2cc(=O)c(C(=O)O)cn2C(C(C)(C)C)C3)CC1. The van der Waals surface area contributed by atoms with Crippen LogP contribution in [0.4, 0.5) is 0 Å². The van der Waals surface area contributed by atoms with Gasteiger partial charge in [0.05, 0.1) is 26.0 Å². The van der Waals surface area contributed by atoms with E-state index in [9.17, 15) is 14.7 Å². The molecule has 1 atom stereocenters. The number of benzene rings is 1. The molecule has 1 aromatic carbocycles. The lowest BCUT2D eigenvalue weighted by Crippen LogP contribution is -2.32. The van der Waals surface area contributed by atoms with E-state index in [0.29, 0.717) is 36.8 Å². The Bertz CT molecular complexity index is 1110. The predicted molar refractivity (Wildman–Crippen MR) is 121 cm³/mol. The molecule has 1 saturated carbocycles. The van der Waals surface area contributed by atoms with Crippen LogP contribution in [0.15, 0.2) is 29.2 Å². The molecule has 0 amide bonds. The second-order valence-electron chi connectivity index (χ2n) is 10.1. The second-order valence-corrected chi connectivity index (χ2v) is 10.1. The standard InChI is InChI=1S/C25H31NO6/c1-24(2,3)22-9-15-8-21(32-14-25(6-7-25)13-30-4)20(31-5)10-16(15)18-11-19(27)17(23(28)29)12-26(18)22/h8,10-12,22H,6-7,9,13-14H2,1-5H3,(H,28,29). The van der Waals surface area contributed by atoms with Crippen LogP contribution in [0.5, 0.6) is 11.5 Å². The number of hydrogen-bond donors (Lipinski definition) is 1. The van der Waals surface area contributed by atoms with Gasteiger partial charge in [-0.2, -0.15) is 0 Å². The third-order valence-electron chi connectivity index (χ3n) is 6.67. The Morgan fingerprint density at radius 2 is 1.88 bits per heavy atom. The Morgan fingerprint density at radius 3 is 2.44 bits per heavy atom. The van der Waals surface area contributed by atoms with E-state index in [1.165, 1.54) is 12.3 Å². The maximum atomic E-state index is 12.5. The van der Waals surface area contributed by atoms with Crippen molar-refractivity contribution in [1.82, 2.24) is 4.57 Å². The quantitative estimate of drug-likeness (QED) is 0.694. The topological polar surface area (TPSA) is 87.0 Å². The minimum Gasteiger partial charge on any atom is -0.493 e. The molecule has 2 aliphatic rings. The zero-order chi connectivity index (χ0) is 23.3. The molecule has 1 aliphatic heterocycles. The molecule has 172 valence electrons. The smallest absolute Gasteiger partial charge is 0.341 e. The van der Waals surface area contributed by atoms with Gasteiger partial charge in [0.1, 0.15) is 5.56 Å². The van der Waals surface area contributed by atoms with E-state index in [0.717, 1.165) is 24.0 Å². The monoisotopic (exact) mass is 441 g/mol. The van der Waals surface area contributed by atoms with Crippen LogP contribution in [0.25, 0.3) is 11.3 Å². The fourth-order valence-electron chi connectivity index (χ4n) is 4.54. The van der Waals surface area contributed by atoms with E-state index in [-0.39, 0.29) is 22.4 Å². The van der Waals surface area contributed by atoms with Gasteiger partial charge in [0.2, 0.25) is 0 Å². The van der Waals surface area contributed by atoms with Gasteiger partial charge in [0.25, 0.3) is 0 Å². The summed E-state index contributed by atoms with van der Waals surface area (Å²) >= 11 is 0. The van der Waals surface area contributed by atoms with Crippen molar-refractivity contribution in [3.8, 4) is 22.8 Å². The minimum atomic E-state index is -1.21. The molecule has 1 aliphatic carbocycles. The van der Waals surface area contributed by atoms with Crippen molar-refractivity contribution < 1.29 is 24.1 Å². The van der Waals surface area contributed by atoms with Crippen LogP contribution in [0, 0.1) is 10.8 Å². The fourth-order valence-corrected chi connectivity index (χ4v) is 4.54. The summed E-state index contributed by atoms with van der Waals surface area (Å²) in [6.45, 7) is 7.60. The summed E-state index contributed by atoms with van der Waals surface area (Å²) < 4.78 is 19.1. The van der Waals surface area contributed by atoms with Gasteiger partial charge in [-0.15, -0.1) is 0 Å². The van der Waals surface area contributed by atoms with E-state index >= 15 is 0 Å². The summed E-state index contributed by atoms with van der Waals surface area (Å²) in [4.78, 5) is 24.1. The van der Waals surface area contributed by atoms with Crippen molar-refractivity contribution in [2.45, 2.75) is 46.1 Å². The van der Waals surface area contributed by atoms with E-state index in [2.05, 4.69) is 20.8 Å². The van der Waals surface area contributed by atoms with Crippen molar-refractivity contribution in [3.63, 3.8) is 0 Å². The molecule has 4 rings (SSSR count). The highest BCUT2D eigenvalue weighted by Crippen LogP contribution is 2.48. The molecule has 32 heavy (non-hydrogen) atoms. The molecule has 1 N–H and O–H groups in total. The molecule has 1 fully saturated rings. The largest absolute Gasteiger partial charge is 0.493 e. The number of fused-ring (bicyclic) bond motifs is 3. The van der Waals surface area contributed by atoms with E-state index in [4.69, 9.17) is 14.2 Å². The van der Waals surface area contributed by atoms with Crippen molar-refractivity contribution in [2.24, 2.45) is 10.8 Å². The fraction of sp³-hybridized carbons (Fsp3) is 0.520. The lowest BCUT2D eigenvalue weighted by molar-refractivity contribution is 0.0693. The van der Waals surface area contributed by atoms with Crippen molar-refractivity contribution >= 4 is 5.97 Å². The van der Waals surface area contributed by atoms with Crippen LogP contribution in [0.1, 0.15) is 55.6 Å². The molecule has 0 spiro atoms. The maximum absolute atomic E-state index is 12.5. The summed E-state index contributed by atoms with van der Waals surface area (Å²) in [6, 6.07) is 5.31. The molecule has 0 radical (unpaired) electrons. The van der Waals surface area contributed by atoms with Gasteiger partial charge in [-0.25, -0.2) is 4.79 Å². The Hall–Kier alpha value is -2.80. The molecular weight excluding hydrogens is 410 g/mol. The Labute approximate surface area is 187 Å². The lowest BCUT2D eigenvalue weighted by Gasteiger charge is -2.39. The Morgan fingerprint density at radius 1 is 1.16 bits per heavy atom. The zero-order valence-corrected chi connectivity index (χ0v) is 19.4. The normalized spacial score (nSPS) is 18.5. The highest BCUT2D eigenvalue weighted by atomic mass is 16.5. The van der Waals surface area contributed by atoms with Crippen LogP contribution < -0.4 is 14.9 Å². The average molecular weight is 442 g/mol. The summed E-state index contributed by atoms with van der Waals surface area (Å²) in [5, 5.41) is 9.48. The first-order chi connectivity index (χ1) is 15.1. The molecule has 2 heterocycles. The van der Waals surface area contributed by atoms with Gasteiger partial charge in [0, 0.05) is 36.4 Å². The molecule has 1 unspecified atom stereocenters. The molecule has 7 nitrogen and oxygen atoms in total. The number of aromatic nitrogens is 1. The zero-order valence-electron chi connectivity index (χ0n) is 19.4. The molecule has 0 bridgehead atoms. The van der Waals surface area contributed by atoms with E-state index in [1.807, 2.05) is 16.7 Å². The maximum Gasteiger partial charge on any atom is 0.341 e. The predicted octanol–water partition coefficient (Wildman–Crippen LogP) is 4.17. The summed E-state index contributed by atoms with van der Waals surface area (Å²) in [5.41, 5.74) is 1.82. The van der Waals surface area contributed by atoms with E-state index < -0.39 is 11.4 Å². The number of aromatic carboxylic acids is 1. The first-order valence-corrected chi connectivity index (χ1v) is 10.9. The minimum absolute atomic E-state index is 0.0202. The highest BCUT2D eigenvalue weighted by molar-refractivity contribution is 5.88. The van der Waals surface area contributed by atoms with Gasteiger partial charge >= 0.3 is 5.97 Å². The number of methoxy groups -OCH3 is 2. The second kappa shape index (κ2) is 7.96. The number of nitrogens with zero attached hydrogens (tertiary/aromatic N) is 1. The van der Waals surface area contributed by atoms with Gasteiger partial charge in [-0.05, 0) is 42.4 Å². The van der Waals surface area contributed by atoms with Gasteiger partial charge in [0.15, 0.2) is 16.9 Å². The molecule has 2 aromatic rings. The van der Waals surface area contributed by atoms with Crippen LogP contribution in [0.2, 0.25) is 0 Å². The highest BCUT2D eigenvalue weighted by Gasteiger charge is 2.44. The van der Waals surface area contributed by atoms with Gasteiger partial charge < -0.3 is 23.9 Å². The third-order valence-corrected chi connectivity index (χ3v) is 6.67. The number of carbonyl (C=O) groups is 1. The number of hydrogen-bond acceptors (Lipinski definition) is 5. The van der Waals surface area contributed by atoms with Crippen LogP contribution in [0.3, 0.4) is 0 Å². The first-order valence-electron chi connectivity index (χ1n) is 10.9. The lowest BCUT2D eigenvalue weighted by atomic mass is 9.78. The summed E-state index contributed by atoms with van der Waals surface area (Å²) in [6.07, 6.45) is 4.35. The summed E-state index contributed by atoms with van der Waals surface area (Å²) in [5.74, 6) is 0.0573. The van der Waals surface area contributed by atoms with Crippen LogP contribution in [-0.2, 0) is 11.2 Å². The Kier molecular flexibility index (Phi) is 5.57. The van der Waals surface area contributed by atoms with Crippen molar-refractivity contribution in [1.29, 1.82) is 0 Å². The Balaban J connectivity index is 1.80.